The van der Waals surface area contributed by atoms with Gasteiger partial charge in [0.25, 0.3) is 5.91 Å². The van der Waals surface area contributed by atoms with E-state index in [1.807, 2.05) is 75.4 Å². The van der Waals surface area contributed by atoms with E-state index in [1.54, 1.807) is 23.0 Å². The van der Waals surface area contributed by atoms with Crippen molar-refractivity contribution in [2.24, 2.45) is 0 Å². The Morgan fingerprint density at radius 1 is 1.12 bits per heavy atom. The number of amides is 2. The van der Waals surface area contributed by atoms with Gasteiger partial charge in [-0.1, -0.05) is 30.3 Å². The fourth-order valence-electron chi connectivity index (χ4n) is 4.20. The predicted molar refractivity (Wildman–Crippen MR) is 134 cm³/mol. The zero-order valence-corrected chi connectivity index (χ0v) is 20.2. The zero-order valence-electron chi connectivity index (χ0n) is 20.2. The summed E-state index contributed by atoms with van der Waals surface area (Å²) < 4.78 is 5.50. The highest BCUT2D eigenvalue weighted by Gasteiger charge is 2.30. The third kappa shape index (κ3) is 5.47. The molecule has 178 valence electrons. The standard InChI is InChI=1S/C27H32N4O3/c1-27(2,3)34-26(33)31-16-14-20(18-31)29-23-13-12-22(24-21(23)11-8-15-28-24)25(32)30(4)17-19-9-6-5-7-10-19/h5-13,15,20,29H,14,16-18H2,1-4H3/t20-/m0/s1. The number of rotatable bonds is 5. The Bertz CT molecular complexity index is 1170. The molecule has 3 aromatic rings. The number of likely N-dealkylation sites (tertiary alicyclic amines) is 1. The van der Waals surface area contributed by atoms with Gasteiger partial charge in [0.1, 0.15) is 5.60 Å². The van der Waals surface area contributed by atoms with Gasteiger partial charge in [0.05, 0.1) is 11.1 Å². The van der Waals surface area contributed by atoms with Gasteiger partial charge in [0.2, 0.25) is 0 Å². The van der Waals surface area contributed by atoms with E-state index in [0.717, 1.165) is 23.1 Å². The number of aromatic nitrogens is 1. The van der Waals surface area contributed by atoms with Gasteiger partial charge in [-0.15, -0.1) is 0 Å². The molecule has 2 aromatic carbocycles. The average molecular weight is 461 g/mol. The first-order valence-corrected chi connectivity index (χ1v) is 11.6. The molecule has 1 atom stereocenters. The first-order valence-electron chi connectivity index (χ1n) is 11.6. The van der Waals surface area contributed by atoms with E-state index in [9.17, 15) is 9.59 Å². The van der Waals surface area contributed by atoms with Crippen molar-refractivity contribution in [3.05, 3.63) is 71.9 Å². The van der Waals surface area contributed by atoms with E-state index in [2.05, 4.69) is 10.3 Å². The van der Waals surface area contributed by atoms with Crippen LogP contribution in [0.15, 0.2) is 60.8 Å². The zero-order chi connectivity index (χ0) is 24.3. The van der Waals surface area contributed by atoms with Gasteiger partial charge in [-0.3, -0.25) is 9.78 Å². The lowest BCUT2D eigenvalue weighted by Crippen LogP contribution is -2.36. The number of anilines is 1. The molecule has 1 aliphatic rings. The van der Waals surface area contributed by atoms with Crippen LogP contribution in [0.4, 0.5) is 10.5 Å². The van der Waals surface area contributed by atoms with E-state index in [1.165, 1.54) is 0 Å². The molecule has 2 heterocycles. The van der Waals surface area contributed by atoms with Gasteiger partial charge in [-0.2, -0.15) is 0 Å². The van der Waals surface area contributed by atoms with Gasteiger partial charge in [-0.25, -0.2) is 4.79 Å². The maximum absolute atomic E-state index is 13.3. The molecule has 0 aliphatic carbocycles. The van der Waals surface area contributed by atoms with E-state index in [0.29, 0.717) is 30.7 Å². The lowest BCUT2D eigenvalue weighted by Gasteiger charge is -2.24. The molecule has 2 amide bonds. The van der Waals surface area contributed by atoms with Crippen LogP contribution in [0.2, 0.25) is 0 Å². The molecule has 1 aromatic heterocycles. The summed E-state index contributed by atoms with van der Waals surface area (Å²) in [5.41, 5.74) is 2.70. The van der Waals surface area contributed by atoms with Crippen LogP contribution in [0.25, 0.3) is 10.9 Å². The van der Waals surface area contributed by atoms with Crippen LogP contribution in [0, 0.1) is 0 Å². The number of ether oxygens (including phenoxy) is 1. The summed E-state index contributed by atoms with van der Waals surface area (Å²) in [5.74, 6) is -0.0731. The summed E-state index contributed by atoms with van der Waals surface area (Å²) in [7, 11) is 1.81. The normalized spacial score (nSPS) is 15.9. The number of nitrogens with zero attached hydrogens (tertiary/aromatic N) is 3. The SMILES string of the molecule is CN(Cc1ccccc1)C(=O)c1ccc(N[C@H]2CCN(C(=O)OC(C)(C)C)C2)c2cccnc12. The van der Waals surface area contributed by atoms with Crippen LogP contribution < -0.4 is 5.32 Å². The van der Waals surface area contributed by atoms with Gasteiger partial charge < -0.3 is 19.9 Å². The third-order valence-electron chi connectivity index (χ3n) is 5.81. The van der Waals surface area contributed by atoms with Crippen molar-refractivity contribution in [3.8, 4) is 0 Å². The van der Waals surface area contributed by atoms with Crippen molar-refractivity contribution >= 4 is 28.6 Å². The van der Waals surface area contributed by atoms with E-state index in [-0.39, 0.29) is 18.0 Å². The number of carbonyl (C=O) groups is 2. The van der Waals surface area contributed by atoms with Crippen molar-refractivity contribution in [3.63, 3.8) is 0 Å². The number of fused-ring (bicyclic) bond motifs is 1. The number of hydrogen-bond acceptors (Lipinski definition) is 5. The quantitative estimate of drug-likeness (QED) is 0.584. The predicted octanol–water partition coefficient (Wildman–Crippen LogP) is 4.93. The first-order chi connectivity index (χ1) is 16.2. The molecule has 1 saturated heterocycles. The molecule has 1 fully saturated rings. The highest BCUT2D eigenvalue weighted by Crippen LogP contribution is 2.28. The second kappa shape index (κ2) is 9.71. The minimum absolute atomic E-state index is 0.0731. The fourth-order valence-corrected chi connectivity index (χ4v) is 4.20. The fraction of sp³-hybridized carbons (Fsp3) is 0.370. The van der Waals surface area contributed by atoms with Gasteiger partial charge in [0.15, 0.2) is 0 Å². The Morgan fingerprint density at radius 2 is 1.88 bits per heavy atom. The van der Waals surface area contributed by atoms with Crippen LogP contribution >= 0.6 is 0 Å². The molecule has 0 spiro atoms. The molecular weight excluding hydrogens is 428 g/mol. The largest absolute Gasteiger partial charge is 0.444 e. The van der Waals surface area contributed by atoms with E-state index < -0.39 is 5.60 Å². The molecule has 0 radical (unpaired) electrons. The number of carbonyl (C=O) groups excluding carboxylic acids is 2. The van der Waals surface area contributed by atoms with Crippen molar-refractivity contribution in [2.75, 3.05) is 25.5 Å². The summed E-state index contributed by atoms with van der Waals surface area (Å²) in [5, 5.41) is 4.44. The second-order valence-electron chi connectivity index (χ2n) is 9.76. The highest BCUT2D eigenvalue weighted by atomic mass is 16.6. The molecule has 1 N–H and O–H groups in total. The lowest BCUT2D eigenvalue weighted by atomic mass is 10.1. The van der Waals surface area contributed by atoms with Crippen molar-refractivity contribution in [2.45, 2.75) is 45.4 Å². The highest BCUT2D eigenvalue weighted by molar-refractivity contribution is 6.08. The summed E-state index contributed by atoms with van der Waals surface area (Å²) in [6.45, 7) is 7.35. The third-order valence-corrected chi connectivity index (χ3v) is 5.81. The average Bonchev–Trinajstić information content (AvgIpc) is 3.27. The Kier molecular flexibility index (Phi) is 6.72. The Balaban J connectivity index is 1.50. The minimum Gasteiger partial charge on any atom is -0.444 e. The number of nitrogens with one attached hydrogen (secondary N) is 1. The van der Waals surface area contributed by atoms with Crippen molar-refractivity contribution in [1.82, 2.24) is 14.8 Å². The Labute approximate surface area is 200 Å². The van der Waals surface area contributed by atoms with Crippen LogP contribution in [-0.2, 0) is 11.3 Å². The molecule has 1 aliphatic heterocycles. The molecule has 4 rings (SSSR count). The summed E-state index contributed by atoms with van der Waals surface area (Å²) in [4.78, 5) is 33.7. The maximum atomic E-state index is 13.3. The Hall–Kier alpha value is -3.61. The molecule has 7 nitrogen and oxygen atoms in total. The van der Waals surface area contributed by atoms with E-state index >= 15 is 0 Å². The molecule has 0 unspecified atom stereocenters. The molecule has 34 heavy (non-hydrogen) atoms. The topological polar surface area (TPSA) is 74.8 Å². The minimum atomic E-state index is -0.513. The molecule has 7 heteroatoms. The van der Waals surface area contributed by atoms with Crippen LogP contribution in [0.5, 0.6) is 0 Å². The first kappa shape index (κ1) is 23.5. The van der Waals surface area contributed by atoms with E-state index in [4.69, 9.17) is 4.74 Å². The summed E-state index contributed by atoms with van der Waals surface area (Å²) in [6, 6.07) is 17.6. The monoisotopic (exact) mass is 460 g/mol. The molecule has 0 saturated carbocycles. The second-order valence-corrected chi connectivity index (χ2v) is 9.76. The lowest BCUT2D eigenvalue weighted by molar-refractivity contribution is 0.0293. The van der Waals surface area contributed by atoms with Crippen LogP contribution in [0.1, 0.15) is 43.1 Å². The van der Waals surface area contributed by atoms with Gasteiger partial charge >= 0.3 is 6.09 Å². The van der Waals surface area contributed by atoms with Crippen LogP contribution in [-0.4, -0.2) is 58.6 Å². The summed E-state index contributed by atoms with van der Waals surface area (Å²) >= 11 is 0. The number of benzene rings is 2. The van der Waals surface area contributed by atoms with Gasteiger partial charge in [-0.05, 0) is 57.0 Å². The summed E-state index contributed by atoms with van der Waals surface area (Å²) in [6.07, 6.45) is 2.24. The number of pyridine rings is 1. The Morgan fingerprint density at radius 3 is 2.62 bits per heavy atom. The maximum Gasteiger partial charge on any atom is 0.410 e. The van der Waals surface area contributed by atoms with Crippen LogP contribution in [0.3, 0.4) is 0 Å². The molecule has 0 bridgehead atoms. The number of hydrogen-bond donors (Lipinski definition) is 1. The van der Waals surface area contributed by atoms with Gasteiger partial charge in [0, 0.05) is 50.0 Å². The molecular formula is C27H32N4O3. The van der Waals surface area contributed by atoms with Crippen molar-refractivity contribution < 1.29 is 14.3 Å². The smallest absolute Gasteiger partial charge is 0.410 e. The van der Waals surface area contributed by atoms with Crippen molar-refractivity contribution in [1.29, 1.82) is 0 Å².